The van der Waals surface area contributed by atoms with E-state index in [1.54, 1.807) is 18.2 Å². The molecule has 1 unspecified atom stereocenters. The van der Waals surface area contributed by atoms with Gasteiger partial charge in [0.2, 0.25) is 10.0 Å². The van der Waals surface area contributed by atoms with Crippen molar-refractivity contribution in [3.05, 3.63) is 64.1 Å². The summed E-state index contributed by atoms with van der Waals surface area (Å²) in [7, 11) is -3.58. The molecule has 0 radical (unpaired) electrons. The average Bonchev–Trinajstić information content (AvgIpc) is 2.56. The molecule has 2 aromatic carbocycles. The monoisotopic (exact) mass is 371 g/mol. The summed E-state index contributed by atoms with van der Waals surface area (Å²) in [6.45, 7) is 0.864. The Bertz CT molecular complexity index is 793. The normalized spacial score (nSPS) is 19.7. The summed E-state index contributed by atoms with van der Waals surface area (Å²) in [6.07, 6.45) is -0.375. The molecule has 0 saturated carbocycles. The van der Waals surface area contributed by atoms with Gasteiger partial charge in [0.1, 0.15) is 0 Å². The number of halogens is 2. The van der Waals surface area contributed by atoms with Crippen LogP contribution in [-0.4, -0.2) is 32.4 Å². The van der Waals surface area contributed by atoms with E-state index >= 15 is 0 Å². The molecule has 1 fully saturated rings. The van der Waals surface area contributed by atoms with E-state index in [4.69, 9.17) is 27.9 Å². The first kappa shape index (κ1) is 16.7. The van der Waals surface area contributed by atoms with E-state index in [1.165, 1.54) is 16.4 Å². The topological polar surface area (TPSA) is 46.6 Å². The first-order chi connectivity index (χ1) is 11.0. The molecular weight excluding hydrogens is 357 g/mol. The second kappa shape index (κ2) is 6.79. The second-order valence-electron chi connectivity index (χ2n) is 5.20. The van der Waals surface area contributed by atoms with Gasteiger partial charge >= 0.3 is 0 Å². The van der Waals surface area contributed by atoms with Crippen molar-refractivity contribution in [3.8, 4) is 0 Å². The van der Waals surface area contributed by atoms with E-state index in [0.29, 0.717) is 23.2 Å². The predicted octanol–water partition coefficient (Wildman–Crippen LogP) is 3.76. The van der Waals surface area contributed by atoms with Gasteiger partial charge in [-0.3, -0.25) is 0 Å². The summed E-state index contributed by atoms with van der Waals surface area (Å²) in [5, 5.41) is 1.07. The van der Waals surface area contributed by atoms with Crippen LogP contribution in [0.1, 0.15) is 11.7 Å². The van der Waals surface area contributed by atoms with Crippen LogP contribution < -0.4 is 0 Å². The molecule has 0 spiro atoms. The van der Waals surface area contributed by atoms with E-state index in [0.717, 1.165) is 5.56 Å². The molecule has 2 aromatic rings. The van der Waals surface area contributed by atoms with Crippen LogP contribution in [0.15, 0.2) is 53.4 Å². The molecule has 0 aliphatic carbocycles. The lowest BCUT2D eigenvalue weighted by molar-refractivity contribution is -0.00249. The lowest BCUT2D eigenvalue weighted by Crippen LogP contribution is -2.42. The molecule has 1 atom stereocenters. The fraction of sp³-hybridized carbons (Fsp3) is 0.250. The highest BCUT2D eigenvalue weighted by molar-refractivity contribution is 7.89. The Kier molecular flexibility index (Phi) is 4.94. The van der Waals surface area contributed by atoms with Gasteiger partial charge < -0.3 is 4.74 Å². The summed E-state index contributed by atoms with van der Waals surface area (Å²) in [5.41, 5.74) is 0.796. The number of sulfonamides is 1. The molecule has 122 valence electrons. The lowest BCUT2D eigenvalue weighted by Gasteiger charge is -2.32. The third-order valence-electron chi connectivity index (χ3n) is 3.73. The number of ether oxygens (including phenoxy) is 1. The number of hydrogen-bond donors (Lipinski definition) is 0. The third kappa shape index (κ3) is 3.54. The first-order valence-electron chi connectivity index (χ1n) is 7.10. The SMILES string of the molecule is O=S(=O)(c1ccc(Cl)cc1)N1CCOC(c2ccccc2Cl)C1. The molecule has 7 heteroatoms. The van der Waals surface area contributed by atoms with Crippen LogP contribution >= 0.6 is 23.2 Å². The highest BCUT2D eigenvalue weighted by Crippen LogP contribution is 2.30. The molecule has 1 aliphatic rings. The molecule has 1 saturated heterocycles. The minimum Gasteiger partial charge on any atom is -0.371 e. The molecule has 0 N–H and O–H groups in total. The average molecular weight is 372 g/mol. The maximum atomic E-state index is 12.8. The Morgan fingerprint density at radius 3 is 2.43 bits per heavy atom. The van der Waals surface area contributed by atoms with E-state index in [9.17, 15) is 8.42 Å². The quantitative estimate of drug-likeness (QED) is 0.824. The molecule has 4 nitrogen and oxygen atoms in total. The molecule has 0 amide bonds. The zero-order chi connectivity index (χ0) is 16.4. The zero-order valence-electron chi connectivity index (χ0n) is 12.2. The Labute approximate surface area is 145 Å². The van der Waals surface area contributed by atoms with Crippen molar-refractivity contribution in [3.63, 3.8) is 0 Å². The van der Waals surface area contributed by atoms with E-state index in [-0.39, 0.29) is 17.5 Å². The summed E-state index contributed by atoms with van der Waals surface area (Å²) < 4.78 is 32.6. The van der Waals surface area contributed by atoms with Gasteiger partial charge in [-0.05, 0) is 30.3 Å². The standard InChI is InChI=1S/C16H15Cl2NO3S/c17-12-5-7-13(8-6-12)23(20,21)19-9-10-22-16(11-19)14-3-1-2-4-15(14)18/h1-8,16H,9-11H2. The summed E-state index contributed by atoms with van der Waals surface area (Å²) in [5.74, 6) is 0. The van der Waals surface area contributed by atoms with Crippen molar-refractivity contribution in [2.75, 3.05) is 19.7 Å². The first-order valence-corrected chi connectivity index (χ1v) is 9.30. The number of rotatable bonds is 3. The molecule has 0 bridgehead atoms. The highest BCUT2D eigenvalue weighted by Gasteiger charge is 2.32. The van der Waals surface area contributed by atoms with Crippen LogP contribution in [0.3, 0.4) is 0 Å². The van der Waals surface area contributed by atoms with Gasteiger partial charge in [-0.2, -0.15) is 4.31 Å². The van der Waals surface area contributed by atoms with Gasteiger partial charge in [-0.1, -0.05) is 41.4 Å². The predicted molar refractivity (Wildman–Crippen MR) is 90.4 cm³/mol. The molecule has 1 aliphatic heterocycles. The Morgan fingerprint density at radius 1 is 1.04 bits per heavy atom. The largest absolute Gasteiger partial charge is 0.371 e. The fourth-order valence-corrected chi connectivity index (χ4v) is 4.33. The van der Waals surface area contributed by atoms with Crippen LogP contribution in [0.25, 0.3) is 0 Å². The van der Waals surface area contributed by atoms with Crippen LogP contribution in [0.5, 0.6) is 0 Å². The van der Waals surface area contributed by atoms with Crippen molar-refractivity contribution in [1.82, 2.24) is 4.31 Å². The maximum absolute atomic E-state index is 12.8. The zero-order valence-corrected chi connectivity index (χ0v) is 14.5. The van der Waals surface area contributed by atoms with E-state index in [2.05, 4.69) is 0 Å². The van der Waals surface area contributed by atoms with Crippen molar-refractivity contribution in [2.45, 2.75) is 11.0 Å². The van der Waals surface area contributed by atoms with Gasteiger partial charge in [0.15, 0.2) is 0 Å². The number of hydrogen-bond acceptors (Lipinski definition) is 3. The lowest BCUT2D eigenvalue weighted by atomic mass is 10.1. The maximum Gasteiger partial charge on any atom is 0.243 e. The molecule has 0 aromatic heterocycles. The van der Waals surface area contributed by atoms with Crippen LogP contribution in [-0.2, 0) is 14.8 Å². The van der Waals surface area contributed by atoms with Crippen LogP contribution in [0, 0.1) is 0 Å². The van der Waals surface area contributed by atoms with Gasteiger partial charge in [-0.25, -0.2) is 8.42 Å². The Balaban J connectivity index is 1.86. The van der Waals surface area contributed by atoms with Crippen molar-refractivity contribution < 1.29 is 13.2 Å². The van der Waals surface area contributed by atoms with Gasteiger partial charge in [-0.15, -0.1) is 0 Å². The van der Waals surface area contributed by atoms with Crippen molar-refractivity contribution in [1.29, 1.82) is 0 Å². The third-order valence-corrected chi connectivity index (χ3v) is 6.21. The minimum atomic E-state index is -3.58. The Morgan fingerprint density at radius 2 is 1.74 bits per heavy atom. The fourth-order valence-electron chi connectivity index (χ4n) is 2.52. The molecule has 23 heavy (non-hydrogen) atoms. The number of nitrogens with zero attached hydrogens (tertiary/aromatic N) is 1. The summed E-state index contributed by atoms with van der Waals surface area (Å²) in [4.78, 5) is 0.224. The minimum absolute atomic E-state index is 0.224. The molecule has 3 rings (SSSR count). The second-order valence-corrected chi connectivity index (χ2v) is 7.98. The smallest absolute Gasteiger partial charge is 0.243 e. The molecule has 1 heterocycles. The van der Waals surface area contributed by atoms with Gasteiger partial charge in [0, 0.05) is 28.7 Å². The summed E-state index contributed by atoms with van der Waals surface area (Å²) in [6, 6.07) is 13.5. The van der Waals surface area contributed by atoms with Crippen LogP contribution in [0.4, 0.5) is 0 Å². The van der Waals surface area contributed by atoms with Crippen LogP contribution in [0.2, 0.25) is 10.0 Å². The summed E-state index contributed by atoms with van der Waals surface area (Å²) >= 11 is 12.0. The van der Waals surface area contributed by atoms with Crippen molar-refractivity contribution in [2.24, 2.45) is 0 Å². The highest BCUT2D eigenvalue weighted by atomic mass is 35.5. The number of morpholine rings is 1. The van der Waals surface area contributed by atoms with Gasteiger partial charge in [0.05, 0.1) is 17.6 Å². The molecular formula is C16H15Cl2NO3S. The van der Waals surface area contributed by atoms with E-state index < -0.39 is 10.0 Å². The van der Waals surface area contributed by atoms with Gasteiger partial charge in [0.25, 0.3) is 0 Å². The number of benzene rings is 2. The Hall–Kier alpha value is -1.11. The van der Waals surface area contributed by atoms with Crippen molar-refractivity contribution >= 4 is 33.2 Å². The van der Waals surface area contributed by atoms with E-state index in [1.807, 2.05) is 18.2 Å².